The van der Waals surface area contributed by atoms with E-state index >= 15 is 0 Å². The quantitative estimate of drug-likeness (QED) is 0.712. The van der Waals surface area contributed by atoms with Crippen LogP contribution in [0, 0.1) is 5.92 Å². The minimum absolute atomic E-state index is 0.0761. The summed E-state index contributed by atoms with van der Waals surface area (Å²) in [6.45, 7) is 0.862. The van der Waals surface area contributed by atoms with Crippen LogP contribution < -0.4 is 10.6 Å². The van der Waals surface area contributed by atoms with Gasteiger partial charge in [-0.15, -0.1) is 0 Å². The van der Waals surface area contributed by atoms with Crippen LogP contribution in [0.3, 0.4) is 0 Å². The molecule has 0 atom stereocenters. The molecule has 1 aliphatic rings. The van der Waals surface area contributed by atoms with E-state index in [2.05, 4.69) is 15.4 Å². The van der Waals surface area contributed by atoms with Crippen molar-refractivity contribution < 1.29 is 14.3 Å². The molecular formula is C13H24N2O3. The third-order valence-corrected chi connectivity index (χ3v) is 3.41. The van der Waals surface area contributed by atoms with Crippen LogP contribution in [0.2, 0.25) is 0 Å². The topological polar surface area (TPSA) is 67.4 Å². The van der Waals surface area contributed by atoms with E-state index in [1.165, 1.54) is 39.2 Å². The number of amides is 2. The van der Waals surface area contributed by atoms with Gasteiger partial charge in [0.1, 0.15) is 0 Å². The van der Waals surface area contributed by atoms with Crippen LogP contribution in [0.15, 0.2) is 0 Å². The molecule has 2 amide bonds. The first-order chi connectivity index (χ1) is 8.72. The zero-order chi connectivity index (χ0) is 13.2. The summed E-state index contributed by atoms with van der Waals surface area (Å²) in [5, 5.41) is 5.31. The molecule has 0 saturated heterocycles. The molecule has 0 aromatic heterocycles. The second-order valence-electron chi connectivity index (χ2n) is 4.81. The molecule has 1 saturated carbocycles. The number of methoxy groups -OCH3 is 1. The van der Waals surface area contributed by atoms with Crippen LogP contribution in [0.5, 0.6) is 0 Å². The molecule has 2 N–H and O–H groups in total. The van der Waals surface area contributed by atoms with Crippen molar-refractivity contribution in [2.45, 2.75) is 44.9 Å². The number of carbonyl (C=O) groups is 2. The average molecular weight is 256 g/mol. The molecule has 0 spiro atoms. The molecule has 104 valence electrons. The highest BCUT2D eigenvalue weighted by atomic mass is 16.5. The van der Waals surface area contributed by atoms with Gasteiger partial charge in [-0.1, -0.05) is 32.1 Å². The van der Waals surface area contributed by atoms with Crippen molar-refractivity contribution in [1.29, 1.82) is 0 Å². The lowest BCUT2D eigenvalue weighted by Crippen LogP contribution is -2.34. The molecular weight excluding hydrogens is 232 g/mol. The zero-order valence-corrected chi connectivity index (χ0v) is 11.2. The zero-order valence-electron chi connectivity index (χ0n) is 11.2. The van der Waals surface area contributed by atoms with Crippen molar-refractivity contribution in [2.24, 2.45) is 5.92 Å². The van der Waals surface area contributed by atoms with E-state index in [4.69, 9.17) is 0 Å². The van der Waals surface area contributed by atoms with Crippen LogP contribution in [0.4, 0.5) is 4.79 Å². The van der Waals surface area contributed by atoms with Gasteiger partial charge in [0.25, 0.3) is 0 Å². The van der Waals surface area contributed by atoms with Crippen LogP contribution in [-0.2, 0) is 9.53 Å². The lowest BCUT2D eigenvalue weighted by Gasteiger charge is -2.20. The number of ether oxygens (including phenoxy) is 1. The summed E-state index contributed by atoms with van der Waals surface area (Å²) < 4.78 is 4.42. The highest BCUT2D eigenvalue weighted by Crippen LogP contribution is 2.26. The Morgan fingerprint density at radius 3 is 2.44 bits per heavy atom. The van der Waals surface area contributed by atoms with E-state index in [0.29, 0.717) is 19.5 Å². The summed E-state index contributed by atoms with van der Waals surface area (Å²) in [7, 11) is 1.32. The number of hydrogen-bond donors (Lipinski definition) is 2. The van der Waals surface area contributed by atoms with Gasteiger partial charge in [0, 0.05) is 19.5 Å². The standard InChI is InChI=1S/C13H24N2O3/c1-18-13(17)15-10-9-14-12(16)8-7-11-5-3-2-4-6-11/h11H,2-10H2,1H3,(H,14,16)(H,15,17). The molecule has 5 nitrogen and oxygen atoms in total. The minimum Gasteiger partial charge on any atom is -0.453 e. The van der Waals surface area contributed by atoms with E-state index in [0.717, 1.165) is 12.3 Å². The first-order valence-corrected chi connectivity index (χ1v) is 6.81. The third kappa shape index (κ3) is 6.47. The molecule has 0 bridgehead atoms. The molecule has 18 heavy (non-hydrogen) atoms. The Morgan fingerprint density at radius 2 is 1.78 bits per heavy atom. The Kier molecular flexibility index (Phi) is 7.22. The Bertz CT molecular complexity index is 263. The van der Waals surface area contributed by atoms with Crippen molar-refractivity contribution in [2.75, 3.05) is 20.2 Å². The van der Waals surface area contributed by atoms with Crippen LogP contribution in [0.1, 0.15) is 44.9 Å². The Balaban J connectivity index is 1.98. The number of hydrogen-bond acceptors (Lipinski definition) is 3. The lowest BCUT2D eigenvalue weighted by molar-refractivity contribution is -0.121. The fraction of sp³-hybridized carbons (Fsp3) is 0.846. The fourth-order valence-corrected chi connectivity index (χ4v) is 2.34. The van der Waals surface area contributed by atoms with Crippen LogP contribution >= 0.6 is 0 Å². The molecule has 0 aromatic carbocycles. The highest BCUT2D eigenvalue weighted by molar-refractivity contribution is 5.75. The van der Waals surface area contributed by atoms with Crippen molar-refractivity contribution >= 4 is 12.0 Å². The molecule has 0 heterocycles. The van der Waals surface area contributed by atoms with Crippen molar-refractivity contribution in [1.82, 2.24) is 10.6 Å². The second kappa shape index (κ2) is 8.78. The van der Waals surface area contributed by atoms with Gasteiger partial charge < -0.3 is 15.4 Å². The molecule has 0 radical (unpaired) electrons. The normalized spacial score (nSPS) is 16.1. The van der Waals surface area contributed by atoms with Crippen LogP contribution in [-0.4, -0.2) is 32.2 Å². The Morgan fingerprint density at radius 1 is 1.11 bits per heavy atom. The van der Waals surface area contributed by atoms with E-state index in [-0.39, 0.29) is 5.91 Å². The third-order valence-electron chi connectivity index (χ3n) is 3.41. The summed E-state index contributed by atoms with van der Waals surface area (Å²) in [6, 6.07) is 0. The first kappa shape index (κ1) is 14.8. The summed E-state index contributed by atoms with van der Waals surface area (Å²) in [5.41, 5.74) is 0. The maximum absolute atomic E-state index is 11.5. The summed E-state index contributed by atoms with van der Waals surface area (Å²) >= 11 is 0. The number of rotatable bonds is 6. The number of alkyl carbamates (subject to hydrolysis) is 1. The van der Waals surface area contributed by atoms with Crippen molar-refractivity contribution in [3.63, 3.8) is 0 Å². The van der Waals surface area contributed by atoms with Crippen molar-refractivity contribution in [3.05, 3.63) is 0 Å². The summed E-state index contributed by atoms with van der Waals surface area (Å²) in [4.78, 5) is 22.3. The maximum atomic E-state index is 11.5. The second-order valence-corrected chi connectivity index (χ2v) is 4.81. The van der Waals surface area contributed by atoms with Crippen LogP contribution in [0.25, 0.3) is 0 Å². The molecule has 0 unspecified atom stereocenters. The predicted octanol–water partition coefficient (Wildman–Crippen LogP) is 1.82. The summed E-state index contributed by atoms with van der Waals surface area (Å²) in [5.74, 6) is 0.810. The predicted molar refractivity (Wildman–Crippen MR) is 69.2 cm³/mol. The SMILES string of the molecule is COC(=O)NCCNC(=O)CCC1CCCCC1. The molecule has 1 aliphatic carbocycles. The summed E-state index contributed by atoms with van der Waals surface area (Å²) in [6.07, 6.45) is 7.66. The van der Waals surface area contributed by atoms with Gasteiger partial charge in [0.2, 0.25) is 5.91 Å². The van der Waals surface area contributed by atoms with Gasteiger partial charge in [0.05, 0.1) is 7.11 Å². The van der Waals surface area contributed by atoms with Crippen molar-refractivity contribution in [3.8, 4) is 0 Å². The number of carbonyl (C=O) groups excluding carboxylic acids is 2. The Labute approximate surface area is 109 Å². The molecule has 1 fully saturated rings. The Hall–Kier alpha value is -1.26. The first-order valence-electron chi connectivity index (χ1n) is 6.81. The maximum Gasteiger partial charge on any atom is 0.406 e. The molecule has 1 rings (SSSR count). The van der Waals surface area contributed by atoms with Gasteiger partial charge in [0.15, 0.2) is 0 Å². The van der Waals surface area contributed by atoms with Gasteiger partial charge >= 0.3 is 6.09 Å². The van der Waals surface area contributed by atoms with Gasteiger partial charge in [-0.25, -0.2) is 4.79 Å². The average Bonchev–Trinajstić information content (AvgIpc) is 2.42. The monoisotopic (exact) mass is 256 g/mol. The molecule has 5 heteroatoms. The molecule has 0 aromatic rings. The smallest absolute Gasteiger partial charge is 0.406 e. The highest BCUT2D eigenvalue weighted by Gasteiger charge is 2.14. The number of nitrogens with one attached hydrogen (secondary N) is 2. The van der Waals surface area contributed by atoms with Gasteiger partial charge in [-0.3, -0.25) is 4.79 Å². The molecule has 0 aliphatic heterocycles. The minimum atomic E-state index is -0.466. The largest absolute Gasteiger partial charge is 0.453 e. The lowest BCUT2D eigenvalue weighted by atomic mass is 9.86. The van der Waals surface area contributed by atoms with E-state index in [9.17, 15) is 9.59 Å². The van der Waals surface area contributed by atoms with Gasteiger partial charge in [-0.05, 0) is 12.3 Å². The van der Waals surface area contributed by atoms with Gasteiger partial charge in [-0.2, -0.15) is 0 Å². The van der Waals surface area contributed by atoms with E-state index < -0.39 is 6.09 Å². The van der Waals surface area contributed by atoms with E-state index in [1.807, 2.05) is 0 Å². The van der Waals surface area contributed by atoms with E-state index in [1.54, 1.807) is 0 Å². The fourth-order valence-electron chi connectivity index (χ4n) is 2.34.